The normalized spacial score (nSPS) is 21.1. The van der Waals surface area contributed by atoms with Gasteiger partial charge in [-0.1, -0.05) is 29.8 Å². The third-order valence-electron chi connectivity index (χ3n) is 3.52. The first-order valence-electron chi connectivity index (χ1n) is 6.38. The molecule has 1 aromatic rings. The third kappa shape index (κ3) is 3.28. The van der Waals surface area contributed by atoms with E-state index in [4.69, 9.17) is 5.73 Å². The van der Waals surface area contributed by atoms with E-state index in [0.717, 1.165) is 32.6 Å². The van der Waals surface area contributed by atoms with Crippen molar-refractivity contribution in [2.45, 2.75) is 25.9 Å². The lowest BCUT2D eigenvalue weighted by atomic mass is 9.99. The zero-order valence-corrected chi connectivity index (χ0v) is 10.9. The zero-order valence-electron chi connectivity index (χ0n) is 10.9. The van der Waals surface area contributed by atoms with Gasteiger partial charge in [0.1, 0.15) is 0 Å². The van der Waals surface area contributed by atoms with E-state index in [1.54, 1.807) is 0 Å². The van der Waals surface area contributed by atoms with Crippen molar-refractivity contribution in [1.29, 1.82) is 0 Å². The molecule has 1 fully saturated rings. The molecule has 0 amide bonds. The first kappa shape index (κ1) is 12.6. The predicted octanol–water partition coefficient (Wildman–Crippen LogP) is 1.12. The van der Waals surface area contributed by atoms with Crippen LogP contribution in [0.25, 0.3) is 0 Å². The van der Waals surface area contributed by atoms with Gasteiger partial charge in [0.25, 0.3) is 0 Å². The summed E-state index contributed by atoms with van der Waals surface area (Å²) in [6, 6.07) is 8.68. The first-order valence-corrected chi connectivity index (χ1v) is 6.38. The van der Waals surface area contributed by atoms with Crippen LogP contribution in [0.3, 0.4) is 0 Å². The van der Waals surface area contributed by atoms with E-state index in [9.17, 15) is 0 Å². The van der Waals surface area contributed by atoms with E-state index in [1.807, 2.05) is 0 Å². The number of hydrogen-bond donors (Lipinski definition) is 2. The Balaban J connectivity index is 2.02. The number of nitrogens with one attached hydrogen (secondary N) is 1. The third-order valence-corrected chi connectivity index (χ3v) is 3.52. The molecular formula is C14H23N3. The molecule has 1 aromatic carbocycles. The van der Waals surface area contributed by atoms with Crippen LogP contribution >= 0.6 is 0 Å². The molecule has 0 saturated carbocycles. The fraction of sp³-hybridized carbons (Fsp3) is 0.571. The maximum atomic E-state index is 6.46. The quantitative estimate of drug-likeness (QED) is 0.822. The predicted molar refractivity (Wildman–Crippen MR) is 71.9 cm³/mol. The van der Waals surface area contributed by atoms with Crippen LogP contribution in [0.4, 0.5) is 0 Å². The van der Waals surface area contributed by atoms with Crippen molar-refractivity contribution in [1.82, 2.24) is 10.2 Å². The highest BCUT2D eigenvalue weighted by molar-refractivity contribution is 5.22. The Morgan fingerprint density at radius 3 is 2.41 bits per heavy atom. The van der Waals surface area contributed by atoms with Crippen molar-refractivity contribution < 1.29 is 0 Å². The summed E-state index contributed by atoms with van der Waals surface area (Å²) in [6.07, 6.45) is 0.910. The molecule has 17 heavy (non-hydrogen) atoms. The molecule has 1 aliphatic rings. The smallest absolute Gasteiger partial charge is 0.0700 e. The van der Waals surface area contributed by atoms with Crippen LogP contribution in [0.2, 0.25) is 0 Å². The Bertz CT molecular complexity index is 350. The summed E-state index contributed by atoms with van der Waals surface area (Å²) < 4.78 is 0. The highest BCUT2D eigenvalue weighted by atomic mass is 15.3. The van der Waals surface area contributed by atoms with Crippen LogP contribution in [0.1, 0.15) is 18.1 Å². The van der Waals surface area contributed by atoms with Crippen LogP contribution in [0.5, 0.6) is 0 Å². The maximum absolute atomic E-state index is 6.46. The Morgan fingerprint density at radius 2 is 1.82 bits per heavy atom. The Kier molecular flexibility index (Phi) is 3.82. The molecule has 0 aliphatic carbocycles. The minimum absolute atomic E-state index is 0.239. The molecule has 3 N–H and O–H groups in total. The summed E-state index contributed by atoms with van der Waals surface area (Å²) in [5.74, 6) is 0. The Labute approximate surface area is 104 Å². The number of piperazine rings is 1. The Morgan fingerprint density at radius 1 is 1.24 bits per heavy atom. The maximum Gasteiger partial charge on any atom is 0.0700 e. The van der Waals surface area contributed by atoms with Gasteiger partial charge in [0.15, 0.2) is 0 Å². The van der Waals surface area contributed by atoms with Gasteiger partial charge in [-0.25, -0.2) is 0 Å². The lowest BCUT2D eigenvalue weighted by Crippen LogP contribution is -2.60. The number of rotatable bonds is 3. The van der Waals surface area contributed by atoms with Crippen LogP contribution < -0.4 is 11.1 Å². The summed E-state index contributed by atoms with van der Waals surface area (Å²) >= 11 is 0. The van der Waals surface area contributed by atoms with Crippen LogP contribution in [-0.2, 0) is 6.42 Å². The summed E-state index contributed by atoms with van der Waals surface area (Å²) in [5.41, 5.74) is 8.84. The minimum Gasteiger partial charge on any atom is -0.314 e. The highest BCUT2D eigenvalue weighted by Gasteiger charge is 2.28. The summed E-state index contributed by atoms with van der Waals surface area (Å²) in [4.78, 5) is 2.38. The van der Waals surface area contributed by atoms with Gasteiger partial charge in [-0.15, -0.1) is 0 Å². The van der Waals surface area contributed by atoms with E-state index >= 15 is 0 Å². The van der Waals surface area contributed by atoms with Gasteiger partial charge < -0.3 is 11.1 Å². The molecule has 1 unspecified atom stereocenters. The standard InChI is InChI=1S/C14H23N3/c1-12-3-5-13(6-4-12)11-14(2,15)17-9-7-16-8-10-17/h3-6,16H,7-11,15H2,1-2H3. The van der Waals surface area contributed by atoms with Crippen LogP contribution in [-0.4, -0.2) is 36.7 Å². The molecule has 0 spiro atoms. The van der Waals surface area contributed by atoms with Crippen molar-refractivity contribution in [3.63, 3.8) is 0 Å². The number of nitrogens with two attached hydrogens (primary N) is 1. The molecular weight excluding hydrogens is 210 g/mol. The van der Waals surface area contributed by atoms with Gasteiger partial charge in [-0.05, 0) is 19.4 Å². The Hall–Kier alpha value is -0.900. The molecule has 1 aliphatic heterocycles. The topological polar surface area (TPSA) is 41.3 Å². The lowest BCUT2D eigenvalue weighted by molar-refractivity contribution is 0.0932. The number of benzene rings is 1. The molecule has 0 radical (unpaired) electrons. The zero-order chi connectivity index (χ0) is 12.3. The average Bonchev–Trinajstić information content (AvgIpc) is 2.33. The van der Waals surface area contributed by atoms with E-state index in [0.29, 0.717) is 0 Å². The molecule has 3 heteroatoms. The molecule has 94 valence electrons. The number of hydrogen-bond acceptors (Lipinski definition) is 3. The van der Waals surface area contributed by atoms with Crippen molar-refractivity contribution >= 4 is 0 Å². The second-order valence-electron chi connectivity index (χ2n) is 5.26. The monoisotopic (exact) mass is 233 g/mol. The average molecular weight is 233 g/mol. The fourth-order valence-electron chi connectivity index (χ4n) is 2.41. The molecule has 0 bridgehead atoms. The highest BCUT2D eigenvalue weighted by Crippen LogP contribution is 2.16. The SMILES string of the molecule is Cc1ccc(CC(C)(N)N2CCNCC2)cc1. The second-order valence-corrected chi connectivity index (χ2v) is 5.26. The van der Waals surface area contributed by atoms with Crippen molar-refractivity contribution in [2.75, 3.05) is 26.2 Å². The van der Waals surface area contributed by atoms with Gasteiger partial charge in [-0.2, -0.15) is 0 Å². The van der Waals surface area contributed by atoms with Gasteiger partial charge in [0.05, 0.1) is 5.66 Å². The van der Waals surface area contributed by atoms with E-state index in [1.165, 1.54) is 11.1 Å². The van der Waals surface area contributed by atoms with E-state index in [-0.39, 0.29) is 5.66 Å². The summed E-state index contributed by atoms with van der Waals surface area (Å²) in [6.45, 7) is 8.42. The summed E-state index contributed by atoms with van der Waals surface area (Å²) in [5, 5.41) is 3.36. The van der Waals surface area contributed by atoms with Crippen LogP contribution in [0, 0.1) is 6.92 Å². The molecule has 2 rings (SSSR count). The lowest BCUT2D eigenvalue weighted by Gasteiger charge is -2.41. The van der Waals surface area contributed by atoms with Gasteiger partial charge in [-0.3, -0.25) is 4.90 Å². The minimum atomic E-state index is -0.239. The van der Waals surface area contributed by atoms with Crippen molar-refractivity contribution in [3.8, 4) is 0 Å². The van der Waals surface area contributed by atoms with E-state index < -0.39 is 0 Å². The number of aryl methyl sites for hydroxylation is 1. The molecule has 1 saturated heterocycles. The van der Waals surface area contributed by atoms with Gasteiger partial charge >= 0.3 is 0 Å². The van der Waals surface area contributed by atoms with Crippen molar-refractivity contribution in [3.05, 3.63) is 35.4 Å². The largest absolute Gasteiger partial charge is 0.314 e. The molecule has 1 atom stereocenters. The molecule has 1 heterocycles. The number of nitrogens with zero attached hydrogens (tertiary/aromatic N) is 1. The second kappa shape index (κ2) is 5.17. The van der Waals surface area contributed by atoms with Crippen LogP contribution in [0.15, 0.2) is 24.3 Å². The van der Waals surface area contributed by atoms with E-state index in [2.05, 4.69) is 48.3 Å². The van der Waals surface area contributed by atoms with Gasteiger partial charge in [0, 0.05) is 32.6 Å². The molecule has 0 aromatic heterocycles. The summed E-state index contributed by atoms with van der Waals surface area (Å²) in [7, 11) is 0. The fourth-order valence-corrected chi connectivity index (χ4v) is 2.41. The molecule has 3 nitrogen and oxygen atoms in total. The van der Waals surface area contributed by atoms with Crippen molar-refractivity contribution in [2.24, 2.45) is 5.73 Å². The van der Waals surface area contributed by atoms with Gasteiger partial charge in [0.2, 0.25) is 0 Å². The first-order chi connectivity index (χ1) is 8.08.